The van der Waals surface area contributed by atoms with E-state index in [1.165, 1.54) is 103 Å². The van der Waals surface area contributed by atoms with E-state index in [0.717, 1.165) is 13.2 Å². The molecular formula is C22H49N3. The lowest BCUT2D eigenvalue weighted by atomic mass is 10.1. The van der Waals surface area contributed by atoms with Gasteiger partial charge in [-0.25, -0.2) is 0 Å². The van der Waals surface area contributed by atoms with Crippen molar-refractivity contribution in [3.05, 3.63) is 0 Å². The Hall–Kier alpha value is -0.120. The van der Waals surface area contributed by atoms with E-state index < -0.39 is 0 Å². The second-order valence-corrected chi connectivity index (χ2v) is 7.97. The highest BCUT2D eigenvalue weighted by atomic mass is 15.2. The van der Waals surface area contributed by atoms with Crippen LogP contribution in [0.15, 0.2) is 0 Å². The van der Waals surface area contributed by atoms with Crippen LogP contribution in [0.4, 0.5) is 0 Å². The minimum atomic E-state index is 0.995. The summed E-state index contributed by atoms with van der Waals surface area (Å²) in [5.41, 5.74) is 0. The van der Waals surface area contributed by atoms with Crippen LogP contribution in [-0.4, -0.2) is 56.7 Å². The molecule has 0 amide bonds. The Morgan fingerprint density at radius 3 is 1.48 bits per heavy atom. The maximum atomic E-state index is 3.52. The van der Waals surface area contributed by atoms with Gasteiger partial charge in [-0.1, -0.05) is 78.1 Å². The average molecular weight is 356 g/mol. The van der Waals surface area contributed by atoms with Crippen molar-refractivity contribution < 1.29 is 0 Å². The van der Waals surface area contributed by atoms with Gasteiger partial charge in [0.1, 0.15) is 0 Å². The number of hydrogen-bond donors (Lipinski definition) is 1. The van der Waals surface area contributed by atoms with E-state index in [2.05, 4.69) is 43.1 Å². The van der Waals surface area contributed by atoms with Crippen LogP contribution in [0.1, 0.15) is 97.3 Å². The standard InChI is InChI=1S/C22H49N3/c1-5-7-9-11-13-15-19-25(20-16-14-12-10-8-6-2)21-17-18-23-22-24(3)4/h23H,5-22H2,1-4H3. The maximum absolute atomic E-state index is 3.52. The van der Waals surface area contributed by atoms with Gasteiger partial charge < -0.3 is 10.2 Å². The minimum absolute atomic E-state index is 0.995. The van der Waals surface area contributed by atoms with Gasteiger partial charge in [-0.05, 0) is 59.5 Å². The fraction of sp³-hybridized carbons (Fsp3) is 1.00. The minimum Gasteiger partial charge on any atom is -0.304 e. The first-order chi connectivity index (χ1) is 12.2. The summed E-state index contributed by atoms with van der Waals surface area (Å²) in [5, 5.41) is 3.52. The molecule has 0 rings (SSSR count). The van der Waals surface area contributed by atoms with E-state index in [9.17, 15) is 0 Å². The van der Waals surface area contributed by atoms with E-state index >= 15 is 0 Å². The molecule has 0 radical (unpaired) electrons. The monoisotopic (exact) mass is 355 g/mol. The molecule has 0 unspecified atom stereocenters. The summed E-state index contributed by atoms with van der Waals surface area (Å²) in [7, 11) is 4.24. The highest BCUT2D eigenvalue weighted by Crippen LogP contribution is 2.09. The zero-order chi connectivity index (χ0) is 18.6. The first-order valence-electron chi connectivity index (χ1n) is 11.3. The molecule has 0 spiro atoms. The Labute approximate surface area is 159 Å². The van der Waals surface area contributed by atoms with Crippen LogP contribution in [0.3, 0.4) is 0 Å². The van der Waals surface area contributed by atoms with Gasteiger partial charge in [-0.2, -0.15) is 0 Å². The molecule has 0 aliphatic carbocycles. The van der Waals surface area contributed by atoms with Gasteiger partial charge in [0.05, 0.1) is 0 Å². The van der Waals surface area contributed by atoms with Crippen molar-refractivity contribution in [3.63, 3.8) is 0 Å². The first-order valence-corrected chi connectivity index (χ1v) is 11.3. The van der Waals surface area contributed by atoms with Crippen molar-refractivity contribution in [1.82, 2.24) is 15.1 Å². The Morgan fingerprint density at radius 1 is 0.560 bits per heavy atom. The van der Waals surface area contributed by atoms with Crippen LogP contribution in [0.2, 0.25) is 0 Å². The van der Waals surface area contributed by atoms with E-state index in [1.54, 1.807) is 0 Å². The molecule has 0 aromatic rings. The summed E-state index contributed by atoms with van der Waals surface area (Å²) >= 11 is 0. The summed E-state index contributed by atoms with van der Waals surface area (Å²) in [5.74, 6) is 0. The zero-order valence-electron chi connectivity index (χ0n) is 18.1. The molecule has 0 heterocycles. The fourth-order valence-electron chi connectivity index (χ4n) is 3.30. The summed E-state index contributed by atoms with van der Waals surface area (Å²) < 4.78 is 0. The average Bonchev–Trinajstić information content (AvgIpc) is 2.59. The Morgan fingerprint density at radius 2 is 1.00 bits per heavy atom. The van der Waals surface area contributed by atoms with E-state index in [4.69, 9.17) is 0 Å². The third-order valence-electron chi connectivity index (χ3n) is 4.91. The topological polar surface area (TPSA) is 18.5 Å². The van der Waals surface area contributed by atoms with Crippen LogP contribution in [0.25, 0.3) is 0 Å². The first kappa shape index (κ1) is 24.9. The SMILES string of the molecule is CCCCCCCCN(CCCCCCCC)CCCNCN(C)C. The molecule has 0 atom stereocenters. The summed E-state index contributed by atoms with van der Waals surface area (Å²) in [6.45, 7) is 10.6. The molecular weight excluding hydrogens is 306 g/mol. The summed E-state index contributed by atoms with van der Waals surface area (Å²) in [6.07, 6.45) is 18.2. The molecule has 1 N–H and O–H groups in total. The van der Waals surface area contributed by atoms with Crippen LogP contribution in [0.5, 0.6) is 0 Å². The molecule has 0 aliphatic rings. The number of rotatable bonds is 20. The molecule has 0 saturated carbocycles. The van der Waals surface area contributed by atoms with Crippen molar-refractivity contribution in [2.24, 2.45) is 0 Å². The summed E-state index contributed by atoms with van der Waals surface area (Å²) in [4.78, 5) is 4.93. The molecule has 0 aliphatic heterocycles. The zero-order valence-corrected chi connectivity index (χ0v) is 18.1. The molecule has 0 aromatic heterocycles. The lowest BCUT2D eigenvalue weighted by Gasteiger charge is -2.23. The van der Waals surface area contributed by atoms with Crippen molar-refractivity contribution in [2.45, 2.75) is 97.3 Å². The van der Waals surface area contributed by atoms with E-state index in [0.29, 0.717) is 0 Å². The Bertz CT molecular complexity index is 227. The number of hydrogen-bond acceptors (Lipinski definition) is 3. The van der Waals surface area contributed by atoms with Gasteiger partial charge in [0, 0.05) is 6.67 Å². The smallest absolute Gasteiger partial charge is 0.0474 e. The predicted molar refractivity (Wildman–Crippen MR) is 114 cm³/mol. The van der Waals surface area contributed by atoms with Crippen LogP contribution >= 0.6 is 0 Å². The van der Waals surface area contributed by atoms with Crippen molar-refractivity contribution in [3.8, 4) is 0 Å². The van der Waals surface area contributed by atoms with Gasteiger partial charge in [0.2, 0.25) is 0 Å². The third kappa shape index (κ3) is 20.0. The molecule has 3 heteroatoms. The van der Waals surface area contributed by atoms with Gasteiger partial charge in [0.25, 0.3) is 0 Å². The lowest BCUT2D eigenvalue weighted by molar-refractivity contribution is 0.253. The van der Waals surface area contributed by atoms with E-state index in [-0.39, 0.29) is 0 Å². The van der Waals surface area contributed by atoms with Crippen LogP contribution in [-0.2, 0) is 0 Å². The Balaban J connectivity index is 3.80. The highest BCUT2D eigenvalue weighted by Gasteiger charge is 2.05. The predicted octanol–water partition coefficient (Wildman–Crippen LogP) is 5.51. The van der Waals surface area contributed by atoms with Crippen molar-refractivity contribution in [1.29, 1.82) is 0 Å². The van der Waals surface area contributed by atoms with Gasteiger partial charge in [0.15, 0.2) is 0 Å². The normalized spacial score (nSPS) is 11.8. The summed E-state index contributed by atoms with van der Waals surface area (Å²) in [6, 6.07) is 0. The molecule has 3 nitrogen and oxygen atoms in total. The quantitative estimate of drug-likeness (QED) is 0.229. The molecule has 0 aromatic carbocycles. The number of unbranched alkanes of at least 4 members (excludes halogenated alkanes) is 10. The largest absolute Gasteiger partial charge is 0.304 e. The molecule has 0 fully saturated rings. The number of nitrogens with one attached hydrogen (secondary N) is 1. The molecule has 25 heavy (non-hydrogen) atoms. The third-order valence-corrected chi connectivity index (χ3v) is 4.91. The highest BCUT2D eigenvalue weighted by molar-refractivity contribution is 4.61. The van der Waals surface area contributed by atoms with Crippen LogP contribution in [0, 0.1) is 0 Å². The maximum Gasteiger partial charge on any atom is 0.0474 e. The Kier molecular flexibility index (Phi) is 20.1. The molecule has 0 bridgehead atoms. The van der Waals surface area contributed by atoms with Crippen LogP contribution < -0.4 is 5.32 Å². The molecule has 0 saturated heterocycles. The van der Waals surface area contributed by atoms with Crippen molar-refractivity contribution in [2.75, 3.05) is 46.9 Å². The fourth-order valence-corrected chi connectivity index (χ4v) is 3.30. The number of nitrogens with zero attached hydrogens (tertiary/aromatic N) is 2. The van der Waals surface area contributed by atoms with Crippen molar-refractivity contribution >= 4 is 0 Å². The lowest BCUT2D eigenvalue weighted by Crippen LogP contribution is -2.32. The van der Waals surface area contributed by atoms with E-state index in [1.807, 2.05) is 0 Å². The second-order valence-electron chi connectivity index (χ2n) is 7.97. The second kappa shape index (κ2) is 20.2. The van der Waals surface area contributed by atoms with Gasteiger partial charge >= 0.3 is 0 Å². The van der Waals surface area contributed by atoms with Gasteiger partial charge in [-0.3, -0.25) is 4.90 Å². The molecule has 152 valence electrons. The van der Waals surface area contributed by atoms with Gasteiger partial charge in [-0.15, -0.1) is 0 Å².